The molecule has 3 aromatic rings. The molecule has 0 radical (unpaired) electrons. The fourth-order valence-electron chi connectivity index (χ4n) is 3.22. The molecule has 0 aliphatic rings. The van der Waals surface area contributed by atoms with Crippen LogP contribution in [0.5, 0.6) is 11.5 Å². The van der Waals surface area contributed by atoms with Crippen molar-refractivity contribution < 1.29 is 22.7 Å². The third-order valence-corrected chi connectivity index (χ3v) is 6.72. The summed E-state index contributed by atoms with van der Waals surface area (Å²) in [5.74, 6) is 0.712. The van der Waals surface area contributed by atoms with Gasteiger partial charge in [-0.1, -0.05) is 36.4 Å². The number of methoxy groups -OCH3 is 2. The molecule has 0 saturated carbocycles. The number of anilines is 1. The lowest BCUT2D eigenvalue weighted by atomic mass is 10.2. The minimum Gasteiger partial charge on any atom is -0.493 e. The molecule has 1 amide bonds. The summed E-state index contributed by atoms with van der Waals surface area (Å²) in [4.78, 5) is 12.3. The van der Waals surface area contributed by atoms with E-state index in [4.69, 9.17) is 21.7 Å². The largest absolute Gasteiger partial charge is 0.493 e. The molecule has 0 saturated heterocycles. The average molecular weight is 526 g/mol. The Morgan fingerprint density at radius 3 is 2.31 bits per heavy atom. The zero-order chi connectivity index (χ0) is 26.0. The molecule has 0 spiro atoms. The van der Waals surface area contributed by atoms with Crippen LogP contribution >= 0.6 is 12.2 Å². The van der Waals surface area contributed by atoms with Gasteiger partial charge in [-0.3, -0.25) is 10.1 Å². The Kier molecular flexibility index (Phi) is 9.57. The second-order valence-electron chi connectivity index (χ2n) is 7.55. The quantitative estimate of drug-likeness (QED) is 0.273. The van der Waals surface area contributed by atoms with Gasteiger partial charge in [-0.25, -0.2) is 13.1 Å². The van der Waals surface area contributed by atoms with Crippen molar-refractivity contribution in [2.24, 2.45) is 0 Å². The van der Waals surface area contributed by atoms with Crippen LogP contribution in [-0.2, 0) is 21.2 Å². The number of hydrogen-bond acceptors (Lipinski definition) is 6. The monoisotopic (exact) mass is 525 g/mol. The number of sulfonamides is 1. The highest BCUT2D eigenvalue weighted by Gasteiger charge is 2.13. The summed E-state index contributed by atoms with van der Waals surface area (Å²) in [6.07, 6.45) is 3.55. The van der Waals surface area contributed by atoms with Gasteiger partial charge in [0.25, 0.3) is 0 Å². The molecule has 36 heavy (non-hydrogen) atoms. The first kappa shape index (κ1) is 26.9. The molecule has 3 rings (SSSR count). The van der Waals surface area contributed by atoms with E-state index in [1.807, 2.05) is 30.3 Å². The van der Waals surface area contributed by atoms with E-state index in [0.29, 0.717) is 30.2 Å². The third kappa shape index (κ3) is 7.91. The smallest absolute Gasteiger partial charge is 0.250 e. The average Bonchev–Trinajstić information content (AvgIpc) is 2.88. The van der Waals surface area contributed by atoms with Gasteiger partial charge in [-0.05, 0) is 72.2 Å². The standard InChI is InChI=1S/C26H27N3O5S2/c1-33-23-14-8-20(18-24(23)34-2)9-15-25(30)29-26(35)28-21-10-12-22(13-11-21)36(31,32)27-17-16-19-6-4-3-5-7-19/h3-15,18,27H,16-17H2,1-2H3,(H2,28,29,30,35)/b15-9+. The van der Waals surface area contributed by atoms with Crippen molar-refractivity contribution in [3.63, 3.8) is 0 Å². The van der Waals surface area contributed by atoms with Crippen molar-refractivity contribution in [3.8, 4) is 11.5 Å². The topological polar surface area (TPSA) is 106 Å². The zero-order valence-electron chi connectivity index (χ0n) is 19.9. The van der Waals surface area contributed by atoms with Crippen LogP contribution in [0.3, 0.4) is 0 Å². The Labute approximate surface area is 216 Å². The Morgan fingerprint density at radius 1 is 0.944 bits per heavy atom. The van der Waals surface area contributed by atoms with E-state index in [2.05, 4.69) is 15.4 Å². The highest BCUT2D eigenvalue weighted by Crippen LogP contribution is 2.27. The highest BCUT2D eigenvalue weighted by atomic mass is 32.2. The number of ether oxygens (including phenoxy) is 2. The molecule has 0 unspecified atom stereocenters. The first-order valence-corrected chi connectivity index (χ1v) is 12.9. The van der Waals surface area contributed by atoms with Crippen LogP contribution in [0.15, 0.2) is 83.8 Å². The zero-order valence-corrected chi connectivity index (χ0v) is 21.5. The summed E-state index contributed by atoms with van der Waals surface area (Å²) in [7, 11) is -0.563. The molecule has 0 aliphatic heterocycles. The number of nitrogens with one attached hydrogen (secondary N) is 3. The highest BCUT2D eigenvalue weighted by molar-refractivity contribution is 7.89. The van der Waals surface area contributed by atoms with E-state index in [0.717, 1.165) is 11.1 Å². The molecule has 3 aromatic carbocycles. The second kappa shape index (κ2) is 12.8. The summed E-state index contributed by atoms with van der Waals surface area (Å²) in [5, 5.41) is 5.49. The number of rotatable bonds is 10. The Bertz CT molecular complexity index is 1330. The van der Waals surface area contributed by atoms with Gasteiger partial charge in [0.2, 0.25) is 15.9 Å². The number of hydrogen-bond donors (Lipinski definition) is 3. The fraction of sp³-hybridized carbons (Fsp3) is 0.154. The van der Waals surface area contributed by atoms with Gasteiger partial charge in [-0.2, -0.15) is 0 Å². The van der Waals surface area contributed by atoms with E-state index in [-0.39, 0.29) is 10.0 Å². The van der Waals surface area contributed by atoms with Crippen molar-refractivity contribution >= 4 is 45.0 Å². The third-order valence-electron chi connectivity index (χ3n) is 5.04. The molecule has 0 bridgehead atoms. The maximum Gasteiger partial charge on any atom is 0.250 e. The molecular formula is C26H27N3O5S2. The number of thiocarbonyl (C=S) groups is 1. The van der Waals surface area contributed by atoms with Gasteiger partial charge in [0.15, 0.2) is 16.6 Å². The summed E-state index contributed by atoms with van der Waals surface area (Å²) in [5.41, 5.74) is 2.33. The van der Waals surface area contributed by atoms with Crippen molar-refractivity contribution in [2.75, 3.05) is 26.1 Å². The minimum atomic E-state index is -3.64. The van der Waals surface area contributed by atoms with Crippen LogP contribution in [0.4, 0.5) is 5.69 Å². The van der Waals surface area contributed by atoms with E-state index in [9.17, 15) is 13.2 Å². The van der Waals surface area contributed by atoms with Crippen molar-refractivity contribution in [1.29, 1.82) is 0 Å². The van der Waals surface area contributed by atoms with Gasteiger partial charge in [0.05, 0.1) is 19.1 Å². The summed E-state index contributed by atoms with van der Waals surface area (Å²) in [6.45, 7) is 0.291. The van der Waals surface area contributed by atoms with E-state index >= 15 is 0 Å². The first-order valence-electron chi connectivity index (χ1n) is 11.0. The maximum absolute atomic E-state index is 12.5. The predicted octanol–water partition coefficient (Wildman–Crippen LogP) is 3.75. The van der Waals surface area contributed by atoms with Crippen LogP contribution in [0, 0.1) is 0 Å². The maximum atomic E-state index is 12.5. The predicted molar refractivity (Wildman–Crippen MR) is 145 cm³/mol. The van der Waals surface area contributed by atoms with Crippen molar-refractivity contribution in [1.82, 2.24) is 10.0 Å². The second-order valence-corrected chi connectivity index (χ2v) is 9.72. The first-order chi connectivity index (χ1) is 17.3. The number of carbonyl (C=O) groups is 1. The summed E-state index contributed by atoms with van der Waals surface area (Å²) in [6, 6.07) is 21.0. The van der Waals surface area contributed by atoms with Crippen LogP contribution in [0.2, 0.25) is 0 Å². The lowest BCUT2D eigenvalue weighted by Gasteiger charge is -2.10. The molecule has 0 atom stereocenters. The lowest BCUT2D eigenvalue weighted by molar-refractivity contribution is -0.115. The Balaban J connectivity index is 1.50. The van der Waals surface area contributed by atoms with Gasteiger partial charge in [-0.15, -0.1) is 0 Å². The Hall–Kier alpha value is -3.73. The molecule has 188 valence electrons. The number of carbonyl (C=O) groups excluding carboxylic acids is 1. The van der Waals surface area contributed by atoms with Crippen LogP contribution in [-0.4, -0.2) is 40.2 Å². The van der Waals surface area contributed by atoms with Gasteiger partial charge in [0.1, 0.15) is 0 Å². The fourth-order valence-corrected chi connectivity index (χ4v) is 4.47. The molecule has 3 N–H and O–H groups in total. The van der Waals surface area contributed by atoms with Gasteiger partial charge >= 0.3 is 0 Å². The minimum absolute atomic E-state index is 0.0774. The van der Waals surface area contributed by atoms with Gasteiger partial charge < -0.3 is 14.8 Å². The number of benzene rings is 3. The van der Waals surface area contributed by atoms with E-state index in [1.54, 1.807) is 43.5 Å². The van der Waals surface area contributed by atoms with Crippen molar-refractivity contribution in [2.45, 2.75) is 11.3 Å². The Morgan fingerprint density at radius 2 is 1.64 bits per heavy atom. The van der Waals surface area contributed by atoms with Crippen LogP contribution < -0.4 is 24.8 Å². The van der Waals surface area contributed by atoms with Crippen molar-refractivity contribution in [3.05, 3.63) is 90.0 Å². The van der Waals surface area contributed by atoms with E-state index < -0.39 is 15.9 Å². The van der Waals surface area contributed by atoms with E-state index in [1.165, 1.54) is 25.3 Å². The molecule has 10 heteroatoms. The SMILES string of the molecule is COc1ccc(/C=C/C(=O)NC(=S)Nc2ccc(S(=O)(=O)NCCc3ccccc3)cc2)cc1OC. The van der Waals surface area contributed by atoms with Crippen LogP contribution in [0.25, 0.3) is 6.08 Å². The molecule has 0 heterocycles. The summed E-state index contributed by atoms with van der Waals surface area (Å²) < 4.78 is 38.1. The molecule has 0 aliphatic carbocycles. The normalized spacial score (nSPS) is 11.2. The summed E-state index contributed by atoms with van der Waals surface area (Å²) >= 11 is 5.18. The van der Waals surface area contributed by atoms with Crippen LogP contribution in [0.1, 0.15) is 11.1 Å². The molecule has 0 aromatic heterocycles. The molecule has 0 fully saturated rings. The number of amides is 1. The molecular weight excluding hydrogens is 498 g/mol. The van der Waals surface area contributed by atoms with Gasteiger partial charge in [0, 0.05) is 18.3 Å². The lowest BCUT2D eigenvalue weighted by Crippen LogP contribution is -2.32. The molecule has 8 nitrogen and oxygen atoms in total.